The van der Waals surface area contributed by atoms with E-state index in [0.29, 0.717) is 19.0 Å². The summed E-state index contributed by atoms with van der Waals surface area (Å²) in [4.78, 5) is 26.7. The second kappa shape index (κ2) is 4.93. The number of H-pyrrole nitrogens is 2. The topological polar surface area (TPSA) is 103 Å². The molecule has 2 rings (SSSR count). The van der Waals surface area contributed by atoms with Crippen molar-refractivity contribution in [2.45, 2.75) is 31.6 Å². The third kappa shape index (κ3) is 2.64. The molecule has 0 saturated carbocycles. The third-order valence-corrected chi connectivity index (χ3v) is 5.47. The Balaban J connectivity index is 2.46. The van der Waals surface area contributed by atoms with Gasteiger partial charge in [-0.25, -0.2) is 13.2 Å². The van der Waals surface area contributed by atoms with Gasteiger partial charge in [-0.05, 0) is 25.7 Å². The summed E-state index contributed by atoms with van der Waals surface area (Å²) >= 11 is 0. The van der Waals surface area contributed by atoms with E-state index >= 15 is 0 Å². The van der Waals surface area contributed by atoms with Crippen molar-refractivity contribution in [1.29, 1.82) is 0 Å². The predicted molar refractivity (Wildman–Crippen MR) is 69.6 cm³/mol. The monoisotopic (exact) mass is 287 g/mol. The molecule has 7 nitrogen and oxygen atoms in total. The van der Waals surface area contributed by atoms with Crippen LogP contribution in [0.25, 0.3) is 0 Å². The summed E-state index contributed by atoms with van der Waals surface area (Å²) in [6.07, 6.45) is 1.55. The van der Waals surface area contributed by atoms with Crippen molar-refractivity contribution in [2.24, 2.45) is 5.92 Å². The van der Waals surface area contributed by atoms with Crippen LogP contribution in [-0.4, -0.2) is 35.8 Å². The Labute approximate surface area is 110 Å². The van der Waals surface area contributed by atoms with Crippen LogP contribution in [0.4, 0.5) is 0 Å². The largest absolute Gasteiger partial charge is 0.325 e. The molecule has 0 spiro atoms. The van der Waals surface area contributed by atoms with Gasteiger partial charge < -0.3 is 4.98 Å². The Morgan fingerprint density at radius 3 is 2.26 bits per heavy atom. The Kier molecular flexibility index (Phi) is 3.64. The van der Waals surface area contributed by atoms with Crippen LogP contribution in [0, 0.1) is 12.8 Å². The maximum absolute atomic E-state index is 12.4. The van der Waals surface area contributed by atoms with Crippen molar-refractivity contribution < 1.29 is 8.42 Å². The van der Waals surface area contributed by atoms with Crippen molar-refractivity contribution in [3.63, 3.8) is 0 Å². The zero-order chi connectivity index (χ0) is 14.2. The van der Waals surface area contributed by atoms with Gasteiger partial charge in [-0.3, -0.25) is 9.78 Å². The highest BCUT2D eigenvalue weighted by molar-refractivity contribution is 7.89. The van der Waals surface area contributed by atoms with Gasteiger partial charge >= 0.3 is 5.69 Å². The van der Waals surface area contributed by atoms with E-state index < -0.39 is 21.3 Å². The maximum atomic E-state index is 12.4. The first-order valence-corrected chi connectivity index (χ1v) is 7.59. The van der Waals surface area contributed by atoms with Crippen LogP contribution >= 0.6 is 0 Å². The van der Waals surface area contributed by atoms with E-state index in [9.17, 15) is 18.0 Å². The van der Waals surface area contributed by atoms with Crippen LogP contribution in [0.15, 0.2) is 14.5 Å². The van der Waals surface area contributed by atoms with E-state index in [0.717, 1.165) is 12.8 Å². The number of nitrogens with one attached hydrogen (secondary N) is 2. The highest BCUT2D eigenvalue weighted by atomic mass is 32.2. The molecule has 1 aromatic heterocycles. The maximum Gasteiger partial charge on any atom is 0.325 e. The lowest BCUT2D eigenvalue weighted by Gasteiger charge is -2.29. The molecule has 8 heteroatoms. The number of hydrogen-bond acceptors (Lipinski definition) is 4. The van der Waals surface area contributed by atoms with Crippen LogP contribution in [0.2, 0.25) is 0 Å². The van der Waals surface area contributed by atoms with Gasteiger partial charge in [0.2, 0.25) is 10.0 Å². The smallest absolute Gasteiger partial charge is 0.310 e. The Morgan fingerprint density at radius 1 is 1.16 bits per heavy atom. The highest BCUT2D eigenvalue weighted by Crippen LogP contribution is 2.22. The van der Waals surface area contributed by atoms with Gasteiger partial charge in [-0.15, -0.1) is 0 Å². The third-order valence-electron chi connectivity index (χ3n) is 3.42. The zero-order valence-corrected chi connectivity index (χ0v) is 11.7. The van der Waals surface area contributed by atoms with E-state index in [1.54, 1.807) is 0 Å². The Morgan fingerprint density at radius 2 is 1.74 bits per heavy atom. The van der Waals surface area contributed by atoms with E-state index in [-0.39, 0.29) is 10.6 Å². The molecule has 1 aliphatic rings. The molecule has 0 aromatic carbocycles. The average molecular weight is 287 g/mol. The lowest BCUT2D eigenvalue weighted by Crippen LogP contribution is -2.41. The van der Waals surface area contributed by atoms with E-state index in [1.165, 1.54) is 11.2 Å². The minimum Gasteiger partial charge on any atom is -0.310 e. The van der Waals surface area contributed by atoms with Crippen molar-refractivity contribution in [2.75, 3.05) is 13.1 Å². The van der Waals surface area contributed by atoms with E-state index in [1.807, 2.05) is 4.98 Å². The normalized spacial score (nSPS) is 18.6. The molecule has 1 fully saturated rings. The molecule has 0 amide bonds. The molecule has 19 heavy (non-hydrogen) atoms. The van der Waals surface area contributed by atoms with Crippen LogP contribution in [0.1, 0.15) is 25.5 Å². The van der Waals surface area contributed by atoms with Gasteiger partial charge in [0.25, 0.3) is 5.56 Å². The van der Waals surface area contributed by atoms with Gasteiger partial charge in [0.1, 0.15) is 0 Å². The number of hydrogen-bond donors (Lipinski definition) is 2. The predicted octanol–water partition coefficient (Wildman–Crippen LogP) is -0.208. The van der Waals surface area contributed by atoms with Crippen molar-refractivity contribution in [3.05, 3.63) is 26.5 Å². The molecule has 1 saturated heterocycles. The fraction of sp³-hybridized carbons (Fsp3) is 0.636. The first-order chi connectivity index (χ1) is 8.82. The van der Waals surface area contributed by atoms with Crippen molar-refractivity contribution in [1.82, 2.24) is 14.3 Å². The molecule has 0 unspecified atom stereocenters. The number of sulfonamides is 1. The number of aromatic nitrogens is 2. The van der Waals surface area contributed by atoms with E-state index in [4.69, 9.17) is 0 Å². The SMILES string of the molecule is Cc1[nH]c(=O)[nH]c(=O)c1S(=O)(=O)N1CCC(C)CC1. The second-order valence-electron chi connectivity index (χ2n) is 4.95. The molecule has 0 aliphatic carbocycles. The molecule has 0 radical (unpaired) electrons. The average Bonchev–Trinajstić information content (AvgIpc) is 2.27. The fourth-order valence-corrected chi connectivity index (χ4v) is 3.93. The molecule has 2 heterocycles. The molecular formula is C11H17N3O4S. The minimum atomic E-state index is -3.84. The fourth-order valence-electron chi connectivity index (χ4n) is 2.25. The highest BCUT2D eigenvalue weighted by Gasteiger charge is 2.31. The van der Waals surface area contributed by atoms with Crippen molar-refractivity contribution >= 4 is 10.0 Å². The van der Waals surface area contributed by atoms with Crippen LogP contribution in [0.5, 0.6) is 0 Å². The van der Waals surface area contributed by atoms with Gasteiger partial charge in [0.05, 0.1) is 0 Å². The first-order valence-electron chi connectivity index (χ1n) is 6.15. The van der Waals surface area contributed by atoms with Gasteiger partial charge in [0.15, 0.2) is 4.90 Å². The Bertz CT molecular complexity index is 681. The number of aryl methyl sites for hydroxylation is 1. The summed E-state index contributed by atoms with van der Waals surface area (Å²) in [6.45, 7) is 4.29. The number of nitrogens with zero attached hydrogens (tertiary/aromatic N) is 1. The second-order valence-corrected chi connectivity index (χ2v) is 6.82. The van der Waals surface area contributed by atoms with Gasteiger partial charge in [-0.2, -0.15) is 4.31 Å². The van der Waals surface area contributed by atoms with E-state index in [2.05, 4.69) is 11.9 Å². The molecule has 2 N–H and O–H groups in total. The molecular weight excluding hydrogens is 270 g/mol. The number of rotatable bonds is 2. The van der Waals surface area contributed by atoms with Gasteiger partial charge in [-0.1, -0.05) is 6.92 Å². The summed E-state index contributed by atoms with van der Waals surface area (Å²) in [5, 5.41) is 0. The molecule has 0 atom stereocenters. The quantitative estimate of drug-likeness (QED) is 0.785. The number of aromatic amines is 2. The summed E-state index contributed by atoms with van der Waals surface area (Å²) < 4.78 is 26.2. The molecule has 1 aromatic rings. The summed E-state index contributed by atoms with van der Waals surface area (Å²) in [5.41, 5.74) is -1.49. The van der Waals surface area contributed by atoms with Crippen molar-refractivity contribution in [3.8, 4) is 0 Å². The molecule has 106 valence electrons. The number of piperidine rings is 1. The summed E-state index contributed by atoms with van der Waals surface area (Å²) in [7, 11) is -3.84. The van der Waals surface area contributed by atoms with Gasteiger partial charge in [0, 0.05) is 18.8 Å². The van der Waals surface area contributed by atoms with Crippen LogP contribution in [-0.2, 0) is 10.0 Å². The van der Waals surface area contributed by atoms with Crippen LogP contribution in [0.3, 0.4) is 0 Å². The zero-order valence-electron chi connectivity index (χ0n) is 10.9. The standard InChI is InChI=1S/C11H17N3O4S/c1-7-3-5-14(6-4-7)19(17,18)9-8(2)12-11(16)13-10(9)15/h7H,3-6H2,1-2H3,(H2,12,13,15,16). The minimum absolute atomic E-state index is 0.0763. The van der Waals surface area contributed by atoms with Crippen LogP contribution < -0.4 is 11.2 Å². The molecule has 1 aliphatic heterocycles. The summed E-state index contributed by atoms with van der Waals surface area (Å²) in [6, 6.07) is 0. The lowest BCUT2D eigenvalue weighted by atomic mass is 10.0. The molecule has 0 bridgehead atoms. The lowest BCUT2D eigenvalue weighted by molar-refractivity contribution is 0.287. The first kappa shape index (κ1) is 14.0. The summed E-state index contributed by atoms with van der Waals surface area (Å²) in [5.74, 6) is 0.487. The Hall–Kier alpha value is -1.41.